The zero-order valence-electron chi connectivity index (χ0n) is 10.2. The van der Waals surface area contributed by atoms with Gasteiger partial charge in [0.25, 0.3) is 0 Å². The molecule has 0 saturated heterocycles. The summed E-state index contributed by atoms with van der Waals surface area (Å²) >= 11 is 0. The highest BCUT2D eigenvalue weighted by molar-refractivity contribution is 5.82. The summed E-state index contributed by atoms with van der Waals surface area (Å²) in [5, 5.41) is 13.0. The van der Waals surface area contributed by atoms with Crippen LogP contribution in [0.3, 0.4) is 0 Å². The Balaban J connectivity index is 4.15. The number of urea groups is 1. The number of alkyl halides is 3. The number of hydrogen-bond donors (Lipinski definition) is 3. The third-order valence-electron chi connectivity index (χ3n) is 2.46. The second kappa shape index (κ2) is 7.07. The van der Waals surface area contributed by atoms with E-state index in [4.69, 9.17) is 5.11 Å². The lowest BCUT2D eigenvalue weighted by atomic mass is 9.99. The molecule has 106 valence electrons. The number of amides is 2. The number of carboxylic acids is 1. The maximum absolute atomic E-state index is 11.8. The van der Waals surface area contributed by atoms with E-state index in [0.29, 0.717) is 6.42 Å². The van der Waals surface area contributed by atoms with Gasteiger partial charge in [-0.3, -0.25) is 0 Å². The van der Waals surface area contributed by atoms with E-state index in [1.807, 2.05) is 5.32 Å². The van der Waals surface area contributed by atoms with Gasteiger partial charge in [0, 0.05) is 6.54 Å². The average Bonchev–Trinajstić information content (AvgIpc) is 2.22. The molecule has 0 saturated carbocycles. The maximum atomic E-state index is 11.8. The first-order valence-electron chi connectivity index (χ1n) is 5.51. The summed E-state index contributed by atoms with van der Waals surface area (Å²) < 4.78 is 35.4. The van der Waals surface area contributed by atoms with Crippen molar-refractivity contribution in [3.63, 3.8) is 0 Å². The molecule has 2 amide bonds. The van der Waals surface area contributed by atoms with Gasteiger partial charge >= 0.3 is 18.2 Å². The Labute approximate surface area is 103 Å². The summed E-state index contributed by atoms with van der Waals surface area (Å²) in [6.45, 7) is 2.81. The van der Waals surface area contributed by atoms with Crippen molar-refractivity contribution in [1.82, 2.24) is 10.6 Å². The normalized spacial score (nSPS) is 14.7. The number of aliphatic carboxylic acids is 1. The molecule has 0 bridgehead atoms. The van der Waals surface area contributed by atoms with Crippen LogP contribution in [0, 0.1) is 5.92 Å². The number of hydrogen-bond acceptors (Lipinski definition) is 2. The van der Waals surface area contributed by atoms with Crippen LogP contribution in [0.4, 0.5) is 18.0 Å². The third kappa shape index (κ3) is 6.97. The molecular weight excluding hydrogens is 253 g/mol. The minimum absolute atomic E-state index is 0.309. The molecule has 1 unspecified atom stereocenters. The number of nitrogens with one attached hydrogen (secondary N) is 2. The molecule has 18 heavy (non-hydrogen) atoms. The summed E-state index contributed by atoms with van der Waals surface area (Å²) in [5.74, 6) is -1.52. The van der Waals surface area contributed by atoms with Crippen LogP contribution in [0.2, 0.25) is 0 Å². The summed E-state index contributed by atoms with van der Waals surface area (Å²) in [6, 6.07) is -2.02. The molecule has 0 aliphatic heterocycles. The van der Waals surface area contributed by atoms with Gasteiger partial charge < -0.3 is 15.7 Å². The fourth-order valence-corrected chi connectivity index (χ4v) is 1.19. The number of rotatable bonds is 6. The molecule has 5 nitrogen and oxygen atoms in total. The maximum Gasteiger partial charge on any atom is 0.390 e. The Bertz CT molecular complexity index is 295. The van der Waals surface area contributed by atoms with Gasteiger partial charge in [-0.25, -0.2) is 9.59 Å². The van der Waals surface area contributed by atoms with Crippen LogP contribution in [-0.4, -0.2) is 35.9 Å². The third-order valence-corrected chi connectivity index (χ3v) is 2.46. The second-order valence-electron chi connectivity index (χ2n) is 3.97. The van der Waals surface area contributed by atoms with Crippen molar-refractivity contribution in [2.24, 2.45) is 5.92 Å². The highest BCUT2D eigenvalue weighted by Gasteiger charge is 2.28. The lowest BCUT2D eigenvalue weighted by molar-refractivity contribution is -0.140. The van der Waals surface area contributed by atoms with Crippen molar-refractivity contribution >= 4 is 12.0 Å². The van der Waals surface area contributed by atoms with E-state index in [1.165, 1.54) is 0 Å². The molecule has 0 aromatic rings. The number of carboxylic acid groups (broad SMARTS) is 1. The molecular formula is C10H17F3N2O3. The first-order chi connectivity index (χ1) is 8.17. The monoisotopic (exact) mass is 270 g/mol. The van der Waals surface area contributed by atoms with Crippen LogP contribution in [0.15, 0.2) is 0 Å². The lowest BCUT2D eigenvalue weighted by Gasteiger charge is -2.20. The number of halogens is 3. The Hall–Kier alpha value is -1.47. The van der Waals surface area contributed by atoms with E-state index in [-0.39, 0.29) is 5.92 Å². The zero-order valence-corrected chi connectivity index (χ0v) is 10.2. The first-order valence-corrected chi connectivity index (χ1v) is 5.51. The van der Waals surface area contributed by atoms with Crippen LogP contribution in [-0.2, 0) is 4.79 Å². The fraction of sp³-hybridized carbons (Fsp3) is 0.800. The van der Waals surface area contributed by atoms with Gasteiger partial charge in [-0.15, -0.1) is 0 Å². The molecule has 0 rings (SSSR count). The van der Waals surface area contributed by atoms with E-state index in [9.17, 15) is 22.8 Å². The SMILES string of the molecule is CCC(C)[C@H](NC(=O)NCCC(F)(F)F)C(=O)O. The molecule has 0 heterocycles. The molecule has 0 aliphatic carbocycles. The molecule has 3 N–H and O–H groups in total. The number of carbonyl (C=O) groups is 2. The van der Waals surface area contributed by atoms with Gasteiger partial charge in [0.05, 0.1) is 6.42 Å². The predicted octanol–water partition coefficient (Wildman–Crippen LogP) is 1.74. The Morgan fingerprint density at radius 1 is 1.33 bits per heavy atom. The smallest absolute Gasteiger partial charge is 0.390 e. The Morgan fingerprint density at radius 3 is 2.28 bits per heavy atom. The van der Waals surface area contributed by atoms with Gasteiger partial charge in [-0.1, -0.05) is 20.3 Å². The van der Waals surface area contributed by atoms with Crippen LogP contribution in [0.1, 0.15) is 26.7 Å². The summed E-state index contributed by atoms with van der Waals surface area (Å²) in [4.78, 5) is 22.1. The molecule has 0 radical (unpaired) electrons. The van der Waals surface area contributed by atoms with Crippen molar-refractivity contribution in [2.45, 2.75) is 38.9 Å². The van der Waals surface area contributed by atoms with Crippen LogP contribution in [0.5, 0.6) is 0 Å². The highest BCUT2D eigenvalue weighted by Crippen LogP contribution is 2.18. The number of carbonyl (C=O) groups excluding carboxylic acids is 1. The summed E-state index contributed by atoms with van der Waals surface area (Å²) in [6.07, 6.45) is -4.97. The Kier molecular flexibility index (Phi) is 6.50. The summed E-state index contributed by atoms with van der Waals surface area (Å²) in [7, 11) is 0. The van der Waals surface area contributed by atoms with Gasteiger partial charge in [-0.05, 0) is 5.92 Å². The van der Waals surface area contributed by atoms with Crippen LogP contribution in [0.25, 0.3) is 0 Å². The van der Waals surface area contributed by atoms with Crippen molar-refractivity contribution in [1.29, 1.82) is 0 Å². The molecule has 8 heteroatoms. The quantitative estimate of drug-likeness (QED) is 0.688. The van der Waals surface area contributed by atoms with E-state index in [0.717, 1.165) is 0 Å². The van der Waals surface area contributed by atoms with Crippen LogP contribution >= 0.6 is 0 Å². The van der Waals surface area contributed by atoms with Crippen molar-refractivity contribution < 1.29 is 27.9 Å². The molecule has 2 atom stereocenters. The van der Waals surface area contributed by atoms with E-state index >= 15 is 0 Å². The fourth-order valence-electron chi connectivity index (χ4n) is 1.19. The molecule has 0 aliphatic rings. The zero-order chi connectivity index (χ0) is 14.3. The topological polar surface area (TPSA) is 78.4 Å². The van der Waals surface area contributed by atoms with E-state index < -0.39 is 37.2 Å². The highest BCUT2D eigenvalue weighted by atomic mass is 19.4. The average molecular weight is 270 g/mol. The molecule has 0 aromatic heterocycles. The van der Waals surface area contributed by atoms with Gasteiger partial charge in [-0.2, -0.15) is 13.2 Å². The minimum atomic E-state index is -4.35. The van der Waals surface area contributed by atoms with Crippen molar-refractivity contribution in [3.05, 3.63) is 0 Å². The van der Waals surface area contributed by atoms with Crippen molar-refractivity contribution in [2.75, 3.05) is 6.54 Å². The van der Waals surface area contributed by atoms with E-state index in [1.54, 1.807) is 13.8 Å². The van der Waals surface area contributed by atoms with Gasteiger partial charge in [0.1, 0.15) is 6.04 Å². The predicted molar refractivity (Wildman–Crippen MR) is 58.1 cm³/mol. The van der Waals surface area contributed by atoms with Crippen LogP contribution < -0.4 is 10.6 Å². The van der Waals surface area contributed by atoms with E-state index in [2.05, 4.69) is 5.32 Å². The summed E-state index contributed by atoms with van der Waals surface area (Å²) in [5.41, 5.74) is 0. The lowest BCUT2D eigenvalue weighted by Crippen LogP contribution is -2.49. The second-order valence-corrected chi connectivity index (χ2v) is 3.97. The minimum Gasteiger partial charge on any atom is -0.480 e. The Morgan fingerprint density at radius 2 is 1.89 bits per heavy atom. The molecule has 0 fully saturated rings. The largest absolute Gasteiger partial charge is 0.480 e. The molecule has 0 spiro atoms. The van der Waals surface area contributed by atoms with Crippen molar-refractivity contribution in [3.8, 4) is 0 Å². The van der Waals surface area contributed by atoms with Gasteiger partial charge in [0.15, 0.2) is 0 Å². The standard InChI is InChI=1S/C10H17F3N2O3/c1-3-6(2)7(8(16)17)15-9(18)14-5-4-10(11,12)13/h6-7H,3-5H2,1-2H3,(H,16,17)(H2,14,15,18)/t6?,7-/m0/s1. The van der Waals surface area contributed by atoms with Gasteiger partial charge in [0.2, 0.25) is 0 Å². The first kappa shape index (κ1) is 16.5. The molecule has 0 aromatic carbocycles.